The zero-order chi connectivity index (χ0) is 14.3. The molecule has 0 saturated carbocycles. The molecule has 1 aromatic carbocycles. The second kappa shape index (κ2) is 13.1. The van der Waals surface area contributed by atoms with Gasteiger partial charge in [-0.05, 0) is 37.9 Å². The van der Waals surface area contributed by atoms with E-state index in [0.29, 0.717) is 6.42 Å². The molecule has 19 heavy (non-hydrogen) atoms. The third-order valence-electron chi connectivity index (χ3n) is 2.72. The highest BCUT2D eigenvalue weighted by Crippen LogP contribution is 2.01. The van der Waals surface area contributed by atoms with Gasteiger partial charge in [0, 0.05) is 13.5 Å². The molecule has 1 saturated heterocycles. The van der Waals surface area contributed by atoms with Crippen LogP contribution in [0.1, 0.15) is 38.7 Å². The van der Waals surface area contributed by atoms with E-state index in [1.807, 2.05) is 44.2 Å². The summed E-state index contributed by atoms with van der Waals surface area (Å²) < 4.78 is 0. The van der Waals surface area contributed by atoms with Gasteiger partial charge in [-0.25, -0.2) is 0 Å². The maximum Gasteiger partial charge on any atom is 0.220 e. The van der Waals surface area contributed by atoms with Gasteiger partial charge in [0.2, 0.25) is 5.91 Å². The molecule has 0 aromatic heterocycles. The molecule has 1 heterocycles. The molecule has 3 heteroatoms. The standard InChI is InChI=1S/C10H13NO.C4H9N.C2H6/c1-11-10(12)8-7-9-5-3-2-4-6-9;1-2-4-5-3-1;1-2/h2-6H,7-8H2,1H3,(H,11,12);5H,1-4H2;1-2H3. The summed E-state index contributed by atoms with van der Waals surface area (Å²) in [6.07, 6.45) is 4.17. The summed E-state index contributed by atoms with van der Waals surface area (Å²) in [5, 5.41) is 5.82. The number of hydrogen-bond acceptors (Lipinski definition) is 2. The average molecular weight is 264 g/mol. The smallest absolute Gasteiger partial charge is 0.220 e. The molecule has 2 rings (SSSR count). The fraction of sp³-hybridized carbons (Fsp3) is 0.562. The fourth-order valence-electron chi connectivity index (χ4n) is 1.65. The Hall–Kier alpha value is -1.35. The van der Waals surface area contributed by atoms with E-state index in [4.69, 9.17) is 0 Å². The summed E-state index contributed by atoms with van der Waals surface area (Å²) >= 11 is 0. The van der Waals surface area contributed by atoms with Crippen LogP contribution in [0.2, 0.25) is 0 Å². The second-order valence-corrected chi connectivity index (χ2v) is 4.12. The minimum Gasteiger partial charge on any atom is -0.359 e. The van der Waals surface area contributed by atoms with Crippen LogP contribution in [-0.4, -0.2) is 26.0 Å². The van der Waals surface area contributed by atoms with Gasteiger partial charge >= 0.3 is 0 Å². The Kier molecular flexibility index (Phi) is 12.2. The van der Waals surface area contributed by atoms with Crippen LogP contribution < -0.4 is 10.6 Å². The van der Waals surface area contributed by atoms with Crippen molar-refractivity contribution in [1.82, 2.24) is 10.6 Å². The van der Waals surface area contributed by atoms with Crippen molar-refractivity contribution >= 4 is 5.91 Å². The van der Waals surface area contributed by atoms with Gasteiger partial charge in [0.15, 0.2) is 0 Å². The maximum absolute atomic E-state index is 10.9. The summed E-state index contributed by atoms with van der Waals surface area (Å²) in [5.41, 5.74) is 1.21. The van der Waals surface area contributed by atoms with Gasteiger partial charge in [0.1, 0.15) is 0 Å². The number of carbonyl (C=O) groups excluding carboxylic acids is 1. The molecule has 1 aliphatic rings. The third kappa shape index (κ3) is 10.3. The minimum absolute atomic E-state index is 0.0962. The number of carbonyl (C=O) groups is 1. The van der Waals surface area contributed by atoms with Crippen molar-refractivity contribution in [2.75, 3.05) is 20.1 Å². The monoisotopic (exact) mass is 264 g/mol. The predicted octanol–water partition coefficient (Wildman–Crippen LogP) is 2.76. The molecule has 1 aliphatic heterocycles. The molecule has 108 valence electrons. The number of nitrogens with one attached hydrogen (secondary N) is 2. The first-order chi connectivity index (χ1) is 9.33. The molecule has 0 spiro atoms. The van der Waals surface area contributed by atoms with Crippen molar-refractivity contribution in [3.63, 3.8) is 0 Å². The van der Waals surface area contributed by atoms with Gasteiger partial charge in [-0.1, -0.05) is 44.2 Å². The molecule has 0 radical (unpaired) electrons. The summed E-state index contributed by atoms with van der Waals surface area (Å²) in [6, 6.07) is 10.0. The summed E-state index contributed by atoms with van der Waals surface area (Å²) in [6.45, 7) is 6.50. The van der Waals surface area contributed by atoms with E-state index in [9.17, 15) is 4.79 Å². The molecule has 1 fully saturated rings. The van der Waals surface area contributed by atoms with Gasteiger partial charge in [-0.2, -0.15) is 0 Å². The Labute approximate surface area is 117 Å². The van der Waals surface area contributed by atoms with Gasteiger partial charge < -0.3 is 10.6 Å². The third-order valence-corrected chi connectivity index (χ3v) is 2.72. The van der Waals surface area contributed by atoms with E-state index in [1.165, 1.54) is 31.5 Å². The van der Waals surface area contributed by atoms with Crippen LogP contribution in [0, 0.1) is 0 Å². The number of aryl methyl sites for hydroxylation is 1. The minimum atomic E-state index is 0.0962. The first-order valence-corrected chi connectivity index (χ1v) is 7.28. The van der Waals surface area contributed by atoms with Gasteiger partial charge in [-0.15, -0.1) is 0 Å². The van der Waals surface area contributed by atoms with Crippen molar-refractivity contribution in [2.24, 2.45) is 0 Å². The molecule has 3 nitrogen and oxygen atoms in total. The lowest BCUT2D eigenvalue weighted by Gasteiger charge is -1.99. The highest BCUT2D eigenvalue weighted by molar-refractivity contribution is 5.75. The Morgan fingerprint density at radius 3 is 2.16 bits per heavy atom. The van der Waals surface area contributed by atoms with E-state index >= 15 is 0 Å². The average Bonchev–Trinajstić information content (AvgIpc) is 3.07. The van der Waals surface area contributed by atoms with Crippen molar-refractivity contribution < 1.29 is 4.79 Å². The Balaban J connectivity index is 0.000000383. The van der Waals surface area contributed by atoms with Crippen molar-refractivity contribution in [1.29, 1.82) is 0 Å². The van der Waals surface area contributed by atoms with Crippen LogP contribution in [-0.2, 0) is 11.2 Å². The van der Waals surface area contributed by atoms with Crippen LogP contribution in [0.15, 0.2) is 30.3 Å². The van der Waals surface area contributed by atoms with Gasteiger partial charge in [0.05, 0.1) is 0 Å². The summed E-state index contributed by atoms with van der Waals surface area (Å²) in [4.78, 5) is 10.9. The lowest BCUT2D eigenvalue weighted by molar-refractivity contribution is -0.120. The summed E-state index contributed by atoms with van der Waals surface area (Å²) in [5.74, 6) is 0.0962. The topological polar surface area (TPSA) is 41.1 Å². The summed E-state index contributed by atoms with van der Waals surface area (Å²) in [7, 11) is 1.66. The van der Waals surface area contributed by atoms with Gasteiger partial charge in [-0.3, -0.25) is 4.79 Å². The van der Waals surface area contributed by atoms with Gasteiger partial charge in [0.25, 0.3) is 0 Å². The quantitative estimate of drug-likeness (QED) is 0.881. The Morgan fingerprint density at radius 2 is 1.74 bits per heavy atom. The molecule has 0 bridgehead atoms. The van der Waals surface area contributed by atoms with Crippen LogP contribution in [0.25, 0.3) is 0 Å². The molecule has 1 aromatic rings. The SMILES string of the molecule is C1CCNC1.CC.CNC(=O)CCc1ccccc1. The number of benzene rings is 1. The first-order valence-electron chi connectivity index (χ1n) is 7.28. The van der Waals surface area contributed by atoms with E-state index in [1.54, 1.807) is 7.05 Å². The zero-order valence-corrected chi connectivity index (χ0v) is 12.5. The molecule has 1 amide bonds. The normalized spacial score (nSPS) is 12.6. The molecule has 0 unspecified atom stereocenters. The van der Waals surface area contributed by atoms with Crippen molar-refractivity contribution in [3.05, 3.63) is 35.9 Å². The van der Waals surface area contributed by atoms with E-state index < -0.39 is 0 Å². The van der Waals surface area contributed by atoms with Crippen molar-refractivity contribution in [3.8, 4) is 0 Å². The number of hydrogen-bond donors (Lipinski definition) is 2. The molecule has 0 aliphatic carbocycles. The van der Waals surface area contributed by atoms with Crippen LogP contribution >= 0.6 is 0 Å². The largest absolute Gasteiger partial charge is 0.359 e. The number of rotatable bonds is 3. The lowest BCUT2D eigenvalue weighted by atomic mass is 10.1. The van der Waals surface area contributed by atoms with Crippen LogP contribution in [0.4, 0.5) is 0 Å². The van der Waals surface area contributed by atoms with Crippen molar-refractivity contribution in [2.45, 2.75) is 39.5 Å². The highest BCUT2D eigenvalue weighted by Gasteiger charge is 1.97. The second-order valence-electron chi connectivity index (χ2n) is 4.12. The lowest BCUT2D eigenvalue weighted by Crippen LogP contribution is -2.17. The Morgan fingerprint density at radius 1 is 1.16 bits per heavy atom. The van der Waals surface area contributed by atoms with E-state index in [-0.39, 0.29) is 5.91 Å². The zero-order valence-electron chi connectivity index (χ0n) is 12.5. The van der Waals surface area contributed by atoms with E-state index in [2.05, 4.69) is 10.6 Å². The molecular formula is C16H28N2O. The molecule has 2 N–H and O–H groups in total. The predicted molar refractivity (Wildman–Crippen MR) is 82.3 cm³/mol. The fourth-order valence-corrected chi connectivity index (χ4v) is 1.65. The van der Waals surface area contributed by atoms with Crippen LogP contribution in [0.5, 0.6) is 0 Å². The highest BCUT2D eigenvalue weighted by atomic mass is 16.1. The van der Waals surface area contributed by atoms with Crippen LogP contribution in [0.3, 0.4) is 0 Å². The number of amides is 1. The molecular weight excluding hydrogens is 236 g/mol. The maximum atomic E-state index is 10.9. The Bertz CT molecular complexity index is 300. The van der Waals surface area contributed by atoms with E-state index in [0.717, 1.165) is 6.42 Å². The first kappa shape index (κ1) is 17.6. The molecule has 0 atom stereocenters.